The number of hydrogen-bond donors (Lipinski definition) is 0. The fourth-order valence-corrected chi connectivity index (χ4v) is 5.92. The molecule has 0 amide bonds. The molecule has 0 saturated heterocycles. The molecule has 0 saturated carbocycles. The zero-order chi connectivity index (χ0) is 31.7. The van der Waals surface area contributed by atoms with Crippen molar-refractivity contribution in [1.82, 2.24) is 9.97 Å². The average molecular weight is 613 g/mol. The summed E-state index contributed by atoms with van der Waals surface area (Å²) in [5.74, 6) is 0.770. The lowest BCUT2D eigenvalue weighted by Crippen LogP contribution is -1.93. The summed E-state index contributed by atoms with van der Waals surface area (Å²) in [5.41, 5.74) is 8.91. The molecule has 6 aromatic carbocycles. The minimum absolute atomic E-state index is 0.284. The van der Waals surface area contributed by atoms with Gasteiger partial charge in [-0.2, -0.15) is 0 Å². The SMILES string of the molecule is Fc1ccc(-c2cc(-c3ccccc3)c3cc(Oc4ccc5nc(-c6ccc(F)cc6)cc(-c6ccccc6)c5c4)ccc3n2)cc1. The summed E-state index contributed by atoms with van der Waals surface area (Å²) in [6, 6.07) is 48.9. The summed E-state index contributed by atoms with van der Waals surface area (Å²) in [6.45, 7) is 0. The number of hydrogen-bond acceptors (Lipinski definition) is 3. The van der Waals surface area contributed by atoms with Crippen LogP contribution < -0.4 is 4.74 Å². The standard InChI is InChI=1S/C42H26F2N2O/c43-31-15-11-29(12-16-31)41-25-35(27-7-3-1-4-8-27)37-23-33(19-21-39(37)45-41)47-34-20-22-40-38(24-34)36(28-9-5-2-6-10-28)26-42(46-40)30-13-17-32(44)18-14-30/h1-26H. The summed E-state index contributed by atoms with van der Waals surface area (Å²) in [6.07, 6.45) is 0. The Labute approximate surface area is 270 Å². The first-order chi connectivity index (χ1) is 23.1. The predicted octanol–water partition coefficient (Wildman–Crippen LogP) is 11.5. The summed E-state index contributed by atoms with van der Waals surface area (Å²) in [5, 5.41) is 1.88. The van der Waals surface area contributed by atoms with Gasteiger partial charge in [0, 0.05) is 21.9 Å². The molecular formula is C42H26F2N2O. The first-order valence-electron chi connectivity index (χ1n) is 15.3. The quantitative estimate of drug-likeness (QED) is 0.187. The molecule has 2 aromatic heterocycles. The minimum Gasteiger partial charge on any atom is -0.457 e. The van der Waals surface area contributed by atoms with Crippen LogP contribution in [0.4, 0.5) is 8.78 Å². The second kappa shape index (κ2) is 12.0. The second-order valence-corrected chi connectivity index (χ2v) is 11.3. The highest BCUT2D eigenvalue weighted by atomic mass is 19.1. The fraction of sp³-hybridized carbons (Fsp3) is 0. The van der Waals surface area contributed by atoms with E-state index in [4.69, 9.17) is 14.7 Å². The lowest BCUT2D eigenvalue weighted by Gasteiger charge is -2.14. The molecule has 3 nitrogen and oxygen atoms in total. The number of rotatable bonds is 6. The van der Waals surface area contributed by atoms with Gasteiger partial charge in [-0.15, -0.1) is 0 Å². The van der Waals surface area contributed by atoms with Gasteiger partial charge in [0.15, 0.2) is 0 Å². The largest absolute Gasteiger partial charge is 0.457 e. The van der Waals surface area contributed by atoms with E-state index in [2.05, 4.69) is 24.3 Å². The first-order valence-corrected chi connectivity index (χ1v) is 15.3. The van der Waals surface area contributed by atoms with Crippen LogP contribution in [0.1, 0.15) is 0 Å². The number of nitrogens with zero attached hydrogens (tertiary/aromatic N) is 2. The average Bonchev–Trinajstić information content (AvgIpc) is 3.12. The molecule has 0 fully saturated rings. The number of halogens is 2. The highest BCUT2D eigenvalue weighted by Gasteiger charge is 2.14. The van der Waals surface area contributed by atoms with E-state index in [1.807, 2.05) is 84.9 Å². The summed E-state index contributed by atoms with van der Waals surface area (Å²) < 4.78 is 33.8. The maximum Gasteiger partial charge on any atom is 0.128 e. The number of aromatic nitrogens is 2. The summed E-state index contributed by atoms with van der Waals surface area (Å²) >= 11 is 0. The van der Waals surface area contributed by atoms with E-state index in [1.54, 1.807) is 24.3 Å². The zero-order valence-corrected chi connectivity index (χ0v) is 25.1. The van der Waals surface area contributed by atoms with E-state index in [-0.39, 0.29) is 11.6 Å². The molecule has 8 aromatic rings. The number of ether oxygens (including phenoxy) is 1. The highest BCUT2D eigenvalue weighted by molar-refractivity contribution is 5.99. The molecule has 0 aliphatic heterocycles. The van der Waals surface area contributed by atoms with Crippen LogP contribution in [0.5, 0.6) is 11.5 Å². The van der Waals surface area contributed by atoms with Gasteiger partial charge in [-0.25, -0.2) is 18.7 Å². The van der Waals surface area contributed by atoms with Gasteiger partial charge >= 0.3 is 0 Å². The molecule has 224 valence electrons. The van der Waals surface area contributed by atoms with Crippen LogP contribution in [-0.2, 0) is 0 Å². The summed E-state index contributed by atoms with van der Waals surface area (Å²) in [7, 11) is 0. The Kier molecular flexibility index (Phi) is 7.19. The molecule has 0 radical (unpaired) electrons. The smallest absolute Gasteiger partial charge is 0.128 e. The van der Waals surface area contributed by atoms with Gasteiger partial charge in [0.05, 0.1) is 22.4 Å². The van der Waals surface area contributed by atoms with Crippen LogP contribution in [0, 0.1) is 11.6 Å². The topological polar surface area (TPSA) is 35.0 Å². The third-order valence-electron chi connectivity index (χ3n) is 8.25. The van der Waals surface area contributed by atoms with Crippen LogP contribution >= 0.6 is 0 Å². The lowest BCUT2D eigenvalue weighted by atomic mass is 9.98. The normalized spacial score (nSPS) is 11.2. The van der Waals surface area contributed by atoms with Gasteiger partial charge in [-0.3, -0.25) is 0 Å². The fourth-order valence-electron chi connectivity index (χ4n) is 5.92. The molecule has 5 heteroatoms. The maximum atomic E-state index is 13.7. The molecule has 8 rings (SSSR count). The minimum atomic E-state index is -0.284. The molecule has 0 N–H and O–H groups in total. The van der Waals surface area contributed by atoms with Crippen molar-refractivity contribution in [2.24, 2.45) is 0 Å². The van der Waals surface area contributed by atoms with Crippen molar-refractivity contribution in [1.29, 1.82) is 0 Å². The van der Waals surface area contributed by atoms with Gasteiger partial charge in [-0.1, -0.05) is 60.7 Å². The Bertz CT molecular complexity index is 2210. The van der Waals surface area contributed by atoms with Crippen LogP contribution in [-0.4, -0.2) is 9.97 Å². The van der Waals surface area contributed by atoms with Crippen molar-refractivity contribution in [3.63, 3.8) is 0 Å². The van der Waals surface area contributed by atoms with Crippen molar-refractivity contribution in [2.75, 3.05) is 0 Å². The monoisotopic (exact) mass is 612 g/mol. The van der Waals surface area contributed by atoms with Crippen molar-refractivity contribution in [3.05, 3.63) is 169 Å². The molecule has 0 bridgehead atoms. The van der Waals surface area contributed by atoms with E-state index in [0.717, 1.165) is 66.6 Å². The van der Waals surface area contributed by atoms with Crippen molar-refractivity contribution >= 4 is 21.8 Å². The van der Waals surface area contributed by atoms with Crippen molar-refractivity contribution in [3.8, 4) is 56.3 Å². The Morgan fingerprint density at radius 3 is 1.19 bits per heavy atom. The van der Waals surface area contributed by atoms with E-state index in [9.17, 15) is 8.78 Å². The molecule has 2 heterocycles. The first kappa shape index (κ1) is 28.3. The van der Waals surface area contributed by atoms with E-state index < -0.39 is 0 Å². The molecule has 0 unspecified atom stereocenters. The Hall–Kier alpha value is -6.20. The van der Waals surface area contributed by atoms with E-state index in [0.29, 0.717) is 11.5 Å². The predicted molar refractivity (Wildman–Crippen MR) is 185 cm³/mol. The van der Waals surface area contributed by atoms with Gasteiger partial charge in [0.1, 0.15) is 23.1 Å². The van der Waals surface area contributed by atoms with Gasteiger partial charge in [0.2, 0.25) is 0 Å². The van der Waals surface area contributed by atoms with Crippen LogP contribution in [0.2, 0.25) is 0 Å². The third-order valence-corrected chi connectivity index (χ3v) is 8.25. The van der Waals surface area contributed by atoms with Gasteiger partial charge in [0.25, 0.3) is 0 Å². The third kappa shape index (κ3) is 5.71. The van der Waals surface area contributed by atoms with Crippen LogP contribution in [0.3, 0.4) is 0 Å². The van der Waals surface area contributed by atoms with E-state index in [1.165, 1.54) is 24.3 Å². The molecule has 47 heavy (non-hydrogen) atoms. The Morgan fingerprint density at radius 2 is 0.787 bits per heavy atom. The number of fused-ring (bicyclic) bond motifs is 2. The second-order valence-electron chi connectivity index (χ2n) is 11.3. The molecule has 0 aliphatic rings. The molecule has 0 aliphatic carbocycles. The highest BCUT2D eigenvalue weighted by Crippen LogP contribution is 2.38. The maximum absolute atomic E-state index is 13.7. The zero-order valence-electron chi connectivity index (χ0n) is 25.1. The molecule has 0 spiro atoms. The number of pyridine rings is 2. The summed E-state index contributed by atoms with van der Waals surface area (Å²) in [4.78, 5) is 9.85. The van der Waals surface area contributed by atoms with Crippen molar-refractivity contribution in [2.45, 2.75) is 0 Å². The van der Waals surface area contributed by atoms with E-state index >= 15 is 0 Å². The molecular weight excluding hydrogens is 586 g/mol. The van der Waals surface area contributed by atoms with Crippen molar-refractivity contribution < 1.29 is 13.5 Å². The number of benzene rings is 6. The Balaban J connectivity index is 1.22. The lowest BCUT2D eigenvalue weighted by molar-refractivity contribution is 0.484. The Morgan fingerprint density at radius 1 is 0.383 bits per heavy atom. The van der Waals surface area contributed by atoms with Crippen LogP contribution in [0.15, 0.2) is 158 Å². The van der Waals surface area contributed by atoms with Crippen LogP contribution in [0.25, 0.3) is 66.6 Å². The van der Waals surface area contributed by atoms with Gasteiger partial charge in [-0.05, 0) is 119 Å². The van der Waals surface area contributed by atoms with Gasteiger partial charge < -0.3 is 4.74 Å². The molecule has 0 atom stereocenters.